The van der Waals surface area contributed by atoms with Crippen molar-refractivity contribution < 1.29 is 0 Å². The Morgan fingerprint density at radius 2 is 1.68 bits per heavy atom. The molecule has 108 valence electrons. The highest BCUT2D eigenvalue weighted by Gasteiger charge is 2.15. The van der Waals surface area contributed by atoms with Crippen LogP contribution in [0.4, 0.5) is 5.95 Å². The van der Waals surface area contributed by atoms with Gasteiger partial charge in [-0.3, -0.25) is 0 Å². The number of nitrogen functional groups attached to an aromatic ring is 1. The Morgan fingerprint density at radius 1 is 0.955 bits per heavy atom. The molecule has 22 heavy (non-hydrogen) atoms. The molecule has 4 aromatic rings. The number of nitrogens with zero attached hydrogens (tertiary/aromatic N) is 3. The van der Waals surface area contributed by atoms with Gasteiger partial charge in [-0.2, -0.15) is 4.98 Å². The Hall–Kier alpha value is -2.88. The molecule has 0 saturated carbocycles. The second-order valence-electron chi connectivity index (χ2n) is 5.45. The van der Waals surface area contributed by atoms with Gasteiger partial charge in [0.1, 0.15) is 5.65 Å². The van der Waals surface area contributed by atoms with Crippen LogP contribution in [0.1, 0.15) is 11.3 Å². The van der Waals surface area contributed by atoms with Crippen molar-refractivity contribution in [3.8, 4) is 0 Å². The standard InChI is InChI=1S/C18H16N4/c1-12-16-14-9-5-6-10-15(14)22(17(16)21-18(19)20-12)11-13-7-3-2-4-8-13/h2-10H,11H2,1H3,(H2,19,20,21). The summed E-state index contributed by atoms with van der Waals surface area (Å²) in [5.74, 6) is 0.321. The summed E-state index contributed by atoms with van der Waals surface area (Å²) in [5.41, 5.74) is 10.1. The van der Waals surface area contributed by atoms with Gasteiger partial charge in [0.05, 0.1) is 11.2 Å². The zero-order valence-electron chi connectivity index (χ0n) is 12.3. The molecule has 0 aliphatic heterocycles. The van der Waals surface area contributed by atoms with E-state index in [0.29, 0.717) is 5.95 Å². The highest BCUT2D eigenvalue weighted by molar-refractivity contribution is 6.08. The zero-order valence-corrected chi connectivity index (χ0v) is 12.3. The average molecular weight is 288 g/mol. The summed E-state index contributed by atoms with van der Waals surface area (Å²) in [6, 6.07) is 18.7. The third-order valence-corrected chi connectivity index (χ3v) is 3.99. The number of fused-ring (bicyclic) bond motifs is 3. The fraction of sp³-hybridized carbons (Fsp3) is 0.111. The zero-order chi connectivity index (χ0) is 15.1. The smallest absolute Gasteiger partial charge is 0.222 e. The molecule has 0 spiro atoms. The number of aryl methyl sites for hydroxylation is 1. The molecule has 4 heteroatoms. The third-order valence-electron chi connectivity index (χ3n) is 3.99. The van der Waals surface area contributed by atoms with Crippen LogP contribution >= 0.6 is 0 Å². The van der Waals surface area contributed by atoms with Crippen molar-refractivity contribution in [2.45, 2.75) is 13.5 Å². The van der Waals surface area contributed by atoms with Crippen LogP contribution in [-0.4, -0.2) is 14.5 Å². The number of para-hydroxylation sites is 1. The summed E-state index contributed by atoms with van der Waals surface area (Å²) >= 11 is 0. The summed E-state index contributed by atoms with van der Waals surface area (Å²) in [6.45, 7) is 2.75. The molecule has 0 radical (unpaired) electrons. The minimum Gasteiger partial charge on any atom is -0.368 e. The number of hydrogen-bond acceptors (Lipinski definition) is 3. The van der Waals surface area contributed by atoms with Crippen LogP contribution in [0.15, 0.2) is 54.6 Å². The van der Waals surface area contributed by atoms with Crippen LogP contribution in [0.5, 0.6) is 0 Å². The summed E-state index contributed by atoms with van der Waals surface area (Å²) in [6.07, 6.45) is 0. The van der Waals surface area contributed by atoms with Crippen molar-refractivity contribution in [2.75, 3.05) is 5.73 Å². The maximum absolute atomic E-state index is 5.87. The normalized spacial score (nSPS) is 11.3. The topological polar surface area (TPSA) is 56.7 Å². The molecule has 0 aliphatic rings. The first kappa shape index (κ1) is 12.8. The van der Waals surface area contributed by atoms with Gasteiger partial charge in [-0.1, -0.05) is 48.5 Å². The van der Waals surface area contributed by atoms with Gasteiger partial charge in [-0.05, 0) is 18.6 Å². The molecular formula is C18H16N4. The number of anilines is 1. The molecule has 0 atom stereocenters. The van der Waals surface area contributed by atoms with E-state index in [1.54, 1.807) is 0 Å². The largest absolute Gasteiger partial charge is 0.368 e. The van der Waals surface area contributed by atoms with E-state index in [1.807, 2.05) is 19.1 Å². The number of nitrogens with two attached hydrogens (primary N) is 1. The third kappa shape index (κ3) is 1.92. The first-order valence-electron chi connectivity index (χ1n) is 7.29. The first-order valence-corrected chi connectivity index (χ1v) is 7.29. The highest BCUT2D eigenvalue weighted by atomic mass is 15.1. The van der Waals surface area contributed by atoms with E-state index in [-0.39, 0.29) is 0 Å². The quantitative estimate of drug-likeness (QED) is 0.614. The minimum absolute atomic E-state index is 0.321. The summed E-state index contributed by atoms with van der Waals surface area (Å²) in [7, 11) is 0. The molecule has 2 heterocycles. The predicted octanol–water partition coefficient (Wildman–Crippen LogP) is 3.52. The van der Waals surface area contributed by atoms with Gasteiger partial charge < -0.3 is 10.3 Å². The Bertz CT molecular complexity index is 971. The van der Waals surface area contributed by atoms with E-state index >= 15 is 0 Å². The molecular weight excluding hydrogens is 272 g/mol. The van der Waals surface area contributed by atoms with Crippen molar-refractivity contribution in [2.24, 2.45) is 0 Å². The van der Waals surface area contributed by atoms with Crippen molar-refractivity contribution in [3.05, 3.63) is 65.9 Å². The Balaban J connectivity index is 2.06. The Labute approximate surface area is 128 Å². The summed E-state index contributed by atoms with van der Waals surface area (Å²) in [4.78, 5) is 8.83. The lowest BCUT2D eigenvalue weighted by Crippen LogP contribution is -2.03. The lowest BCUT2D eigenvalue weighted by Gasteiger charge is -2.07. The summed E-state index contributed by atoms with van der Waals surface area (Å²) in [5, 5.41) is 2.26. The van der Waals surface area contributed by atoms with Gasteiger partial charge in [-0.15, -0.1) is 0 Å². The highest BCUT2D eigenvalue weighted by Crippen LogP contribution is 2.30. The maximum atomic E-state index is 5.87. The molecule has 0 bridgehead atoms. The molecule has 2 N–H and O–H groups in total. The monoisotopic (exact) mass is 288 g/mol. The number of aromatic nitrogens is 3. The molecule has 2 aromatic heterocycles. The fourth-order valence-electron chi connectivity index (χ4n) is 3.05. The maximum Gasteiger partial charge on any atom is 0.222 e. The lowest BCUT2D eigenvalue weighted by atomic mass is 10.2. The van der Waals surface area contributed by atoms with Crippen LogP contribution in [0.2, 0.25) is 0 Å². The number of hydrogen-bond donors (Lipinski definition) is 1. The lowest BCUT2D eigenvalue weighted by molar-refractivity contribution is 0.854. The minimum atomic E-state index is 0.321. The SMILES string of the molecule is Cc1nc(N)nc2c1c1ccccc1n2Cc1ccccc1. The van der Waals surface area contributed by atoms with E-state index in [4.69, 9.17) is 5.73 Å². The molecule has 0 aliphatic carbocycles. The summed E-state index contributed by atoms with van der Waals surface area (Å²) < 4.78 is 2.21. The van der Waals surface area contributed by atoms with Gasteiger partial charge >= 0.3 is 0 Å². The van der Waals surface area contributed by atoms with E-state index < -0.39 is 0 Å². The molecule has 2 aromatic carbocycles. The van der Waals surface area contributed by atoms with Gasteiger partial charge in [-0.25, -0.2) is 4.98 Å². The molecule has 4 nitrogen and oxygen atoms in total. The molecule has 0 fully saturated rings. The first-order chi connectivity index (χ1) is 10.7. The number of rotatable bonds is 2. The molecule has 0 saturated heterocycles. The fourth-order valence-corrected chi connectivity index (χ4v) is 3.05. The predicted molar refractivity (Wildman–Crippen MR) is 89.7 cm³/mol. The van der Waals surface area contributed by atoms with Crippen LogP contribution < -0.4 is 5.73 Å². The average Bonchev–Trinajstić information content (AvgIpc) is 2.83. The van der Waals surface area contributed by atoms with E-state index in [2.05, 4.69) is 57.0 Å². The van der Waals surface area contributed by atoms with E-state index in [0.717, 1.165) is 28.8 Å². The van der Waals surface area contributed by atoms with Crippen molar-refractivity contribution >= 4 is 27.9 Å². The van der Waals surface area contributed by atoms with Gasteiger partial charge in [0, 0.05) is 17.3 Å². The Morgan fingerprint density at radius 3 is 2.50 bits per heavy atom. The number of benzene rings is 2. The second kappa shape index (κ2) is 4.84. The van der Waals surface area contributed by atoms with Crippen LogP contribution in [0, 0.1) is 6.92 Å². The van der Waals surface area contributed by atoms with Gasteiger partial charge in [0.25, 0.3) is 0 Å². The van der Waals surface area contributed by atoms with Crippen LogP contribution in [0.25, 0.3) is 21.9 Å². The van der Waals surface area contributed by atoms with Gasteiger partial charge in [0.2, 0.25) is 5.95 Å². The Kier molecular flexibility index (Phi) is 2.82. The van der Waals surface area contributed by atoms with Gasteiger partial charge in [0.15, 0.2) is 0 Å². The van der Waals surface area contributed by atoms with Crippen molar-refractivity contribution in [1.29, 1.82) is 0 Å². The molecule has 0 amide bonds. The van der Waals surface area contributed by atoms with Crippen molar-refractivity contribution in [1.82, 2.24) is 14.5 Å². The molecule has 0 unspecified atom stereocenters. The van der Waals surface area contributed by atoms with E-state index in [1.165, 1.54) is 10.9 Å². The van der Waals surface area contributed by atoms with Crippen LogP contribution in [0.3, 0.4) is 0 Å². The second-order valence-corrected chi connectivity index (χ2v) is 5.45. The van der Waals surface area contributed by atoms with Crippen molar-refractivity contribution in [3.63, 3.8) is 0 Å². The van der Waals surface area contributed by atoms with E-state index in [9.17, 15) is 0 Å². The van der Waals surface area contributed by atoms with Crippen LogP contribution in [-0.2, 0) is 6.54 Å². The molecule has 4 rings (SSSR count).